The topological polar surface area (TPSA) is 56.1 Å². The highest BCUT2D eigenvalue weighted by Crippen LogP contribution is 2.22. The van der Waals surface area contributed by atoms with Crippen LogP contribution in [0.5, 0.6) is 0 Å². The van der Waals surface area contributed by atoms with Crippen LogP contribution < -0.4 is 0 Å². The van der Waals surface area contributed by atoms with E-state index < -0.39 is 0 Å². The molecule has 0 atom stereocenters. The van der Waals surface area contributed by atoms with Gasteiger partial charge in [-0.3, -0.25) is 0 Å². The number of fused-ring (bicyclic) bond motifs is 1. The molecule has 0 aromatic carbocycles. The third-order valence-corrected chi connectivity index (χ3v) is 2.58. The fourth-order valence-corrected chi connectivity index (χ4v) is 1.73. The fraction of sp³-hybridized carbons (Fsp3) is 0.364. The molecule has 4 heteroatoms. The predicted octanol–water partition coefficient (Wildman–Crippen LogP) is 1.33. The number of rotatable bonds is 2. The van der Waals surface area contributed by atoms with Gasteiger partial charge in [0.25, 0.3) is 0 Å². The number of aliphatic hydroxyl groups excluding tert-OH is 2. The first kappa shape index (κ1) is 9.98. The Morgan fingerprint density at radius 3 is 3.07 bits per heavy atom. The van der Waals surface area contributed by atoms with Crippen molar-refractivity contribution in [2.24, 2.45) is 4.99 Å². The van der Waals surface area contributed by atoms with Crippen LogP contribution in [0.25, 0.3) is 0 Å². The summed E-state index contributed by atoms with van der Waals surface area (Å²) in [4.78, 5) is 6.21. The summed E-state index contributed by atoms with van der Waals surface area (Å²) in [5.74, 6) is 0.789. The minimum atomic E-state index is 0.136. The Morgan fingerprint density at radius 1 is 1.53 bits per heavy atom. The van der Waals surface area contributed by atoms with Crippen LogP contribution in [0.1, 0.15) is 13.3 Å². The molecule has 2 heterocycles. The quantitative estimate of drug-likeness (QED) is 0.716. The van der Waals surface area contributed by atoms with Gasteiger partial charge in [-0.2, -0.15) is 0 Å². The zero-order valence-corrected chi connectivity index (χ0v) is 8.64. The van der Waals surface area contributed by atoms with E-state index in [1.165, 1.54) is 0 Å². The van der Waals surface area contributed by atoms with Gasteiger partial charge in [-0.05, 0) is 31.1 Å². The summed E-state index contributed by atoms with van der Waals surface area (Å²) in [6, 6.07) is 0. The zero-order chi connectivity index (χ0) is 10.8. The molecule has 0 aromatic rings. The lowest BCUT2D eigenvalue weighted by atomic mass is 10.1. The predicted molar refractivity (Wildman–Crippen MR) is 58.4 cm³/mol. The molecule has 4 nitrogen and oxygen atoms in total. The number of aliphatic hydroxyl groups is 2. The molecular weight excluding hydrogens is 192 g/mol. The minimum Gasteiger partial charge on any atom is -0.504 e. The van der Waals surface area contributed by atoms with Crippen molar-refractivity contribution in [3.8, 4) is 0 Å². The molecule has 0 amide bonds. The molecule has 80 valence electrons. The summed E-state index contributed by atoms with van der Waals surface area (Å²) in [5.41, 5.74) is 2.01. The number of allylic oxidation sites excluding steroid dienone is 3. The maximum absolute atomic E-state index is 9.60. The zero-order valence-electron chi connectivity index (χ0n) is 8.64. The Bertz CT molecular complexity index is 391. The van der Waals surface area contributed by atoms with Crippen LogP contribution in [0.4, 0.5) is 0 Å². The molecule has 0 aliphatic carbocycles. The number of amidine groups is 1. The van der Waals surface area contributed by atoms with Crippen molar-refractivity contribution in [1.29, 1.82) is 0 Å². The molecule has 0 saturated carbocycles. The average molecular weight is 206 g/mol. The molecule has 2 aliphatic rings. The highest BCUT2D eigenvalue weighted by molar-refractivity contribution is 5.99. The molecule has 0 saturated heterocycles. The van der Waals surface area contributed by atoms with Crippen LogP contribution in [-0.2, 0) is 0 Å². The molecule has 2 N–H and O–H groups in total. The maximum Gasteiger partial charge on any atom is 0.175 e. The van der Waals surface area contributed by atoms with Gasteiger partial charge in [-0.1, -0.05) is 0 Å². The molecule has 0 spiro atoms. The van der Waals surface area contributed by atoms with Gasteiger partial charge in [0.05, 0.1) is 0 Å². The van der Waals surface area contributed by atoms with Crippen molar-refractivity contribution in [1.82, 2.24) is 4.90 Å². The molecule has 2 rings (SSSR count). The van der Waals surface area contributed by atoms with Crippen LogP contribution in [0.15, 0.2) is 40.4 Å². The Morgan fingerprint density at radius 2 is 2.33 bits per heavy atom. The Hall–Kier alpha value is -1.55. The monoisotopic (exact) mass is 206 g/mol. The van der Waals surface area contributed by atoms with Crippen molar-refractivity contribution >= 4 is 5.84 Å². The fourth-order valence-electron chi connectivity index (χ4n) is 1.73. The molecule has 0 aromatic heterocycles. The SMILES string of the molecule is CC1=C(CCO)CN2C=CC=C(O)C2=N1. The first-order chi connectivity index (χ1) is 7.22. The summed E-state index contributed by atoms with van der Waals surface area (Å²) in [5, 5.41) is 18.5. The van der Waals surface area contributed by atoms with Crippen LogP contribution in [0.2, 0.25) is 0 Å². The van der Waals surface area contributed by atoms with Gasteiger partial charge in [-0.25, -0.2) is 4.99 Å². The van der Waals surface area contributed by atoms with Gasteiger partial charge in [0.1, 0.15) is 0 Å². The lowest BCUT2D eigenvalue weighted by Gasteiger charge is -2.29. The molecule has 0 fully saturated rings. The van der Waals surface area contributed by atoms with E-state index in [0.29, 0.717) is 18.8 Å². The second-order valence-corrected chi connectivity index (χ2v) is 3.62. The molecule has 0 unspecified atom stereocenters. The van der Waals surface area contributed by atoms with E-state index in [2.05, 4.69) is 4.99 Å². The summed E-state index contributed by atoms with van der Waals surface area (Å²) in [6.45, 7) is 2.73. The molecular formula is C11H14N2O2. The van der Waals surface area contributed by atoms with Crippen molar-refractivity contribution < 1.29 is 10.2 Å². The minimum absolute atomic E-state index is 0.136. The smallest absolute Gasteiger partial charge is 0.175 e. The second kappa shape index (κ2) is 3.90. The second-order valence-electron chi connectivity index (χ2n) is 3.62. The van der Waals surface area contributed by atoms with E-state index in [9.17, 15) is 5.11 Å². The molecule has 2 aliphatic heterocycles. The third kappa shape index (κ3) is 1.80. The summed E-state index contributed by atoms with van der Waals surface area (Å²) in [7, 11) is 0. The summed E-state index contributed by atoms with van der Waals surface area (Å²) in [6.07, 6.45) is 5.92. The summed E-state index contributed by atoms with van der Waals surface area (Å²) < 4.78 is 0. The maximum atomic E-state index is 9.60. The van der Waals surface area contributed by atoms with E-state index in [-0.39, 0.29) is 12.4 Å². The summed E-state index contributed by atoms with van der Waals surface area (Å²) >= 11 is 0. The van der Waals surface area contributed by atoms with E-state index >= 15 is 0 Å². The number of aliphatic imine (C=N–C) groups is 1. The van der Waals surface area contributed by atoms with Crippen molar-refractivity contribution in [3.63, 3.8) is 0 Å². The molecule has 0 bridgehead atoms. The lowest BCUT2D eigenvalue weighted by Crippen LogP contribution is -2.34. The van der Waals surface area contributed by atoms with E-state index in [1.54, 1.807) is 12.2 Å². The van der Waals surface area contributed by atoms with Crippen molar-refractivity contribution in [3.05, 3.63) is 35.4 Å². The van der Waals surface area contributed by atoms with Gasteiger partial charge < -0.3 is 15.1 Å². The number of hydrogen-bond acceptors (Lipinski definition) is 4. The Kier molecular flexibility index (Phi) is 2.60. The van der Waals surface area contributed by atoms with Crippen molar-refractivity contribution in [2.45, 2.75) is 13.3 Å². The third-order valence-electron chi connectivity index (χ3n) is 2.58. The largest absolute Gasteiger partial charge is 0.504 e. The van der Waals surface area contributed by atoms with Crippen LogP contribution in [0.3, 0.4) is 0 Å². The van der Waals surface area contributed by atoms with Gasteiger partial charge in [0, 0.05) is 25.0 Å². The lowest BCUT2D eigenvalue weighted by molar-refractivity contribution is 0.295. The van der Waals surface area contributed by atoms with E-state index in [1.807, 2.05) is 18.0 Å². The molecule has 0 radical (unpaired) electrons. The Labute approximate surface area is 88.6 Å². The van der Waals surface area contributed by atoms with Gasteiger partial charge >= 0.3 is 0 Å². The van der Waals surface area contributed by atoms with Gasteiger partial charge in [-0.15, -0.1) is 0 Å². The number of nitrogens with zero attached hydrogens (tertiary/aromatic N) is 2. The molecule has 15 heavy (non-hydrogen) atoms. The van der Waals surface area contributed by atoms with E-state index in [0.717, 1.165) is 11.3 Å². The van der Waals surface area contributed by atoms with Crippen molar-refractivity contribution in [2.75, 3.05) is 13.2 Å². The normalized spacial score (nSPS) is 20.0. The van der Waals surface area contributed by atoms with Crippen LogP contribution >= 0.6 is 0 Å². The average Bonchev–Trinajstić information content (AvgIpc) is 2.21. The van der Waals surface area contributed by atoms with Crippen LogP contribution in [-0.4, -0.2) is 34.1 Å². The first-order valence-corrected chi connectivity index (χ1v) is 4.95. The van der Waals surface area contributed by atoms with Crippen LogP contribution in [0, 0.1) is 0 Å². The highest BCUT2D eigenvalue weighted by atomic mass is 16.3. The first-order valence-electron chi connectivity index (χ1n) is 4.95. The Balaban J connectivity index is 2.32. The van der Waals surface area contributed by atoms with Gasteiger partial charge in [0.15, 0.2) is 11.6 Å². The van der Waals surface area contributed by atoms with E-state index in [4.69, 9.17) is 5.11 Å². The number of hydrogen-bond donors (Lipinski definition) is 2. The highest BCUT2D eigenvalue weighted by Gasteiger charge is 2.22. The standard InChI is InChI=1S/C11H14N2O2/c1-8-9(4-6-14)7-13-5-2-3-10(15)11(13)12-8/h2-3,5,14-15H,4,6-7H2,1H3. The van der Waals surface area contributed by atoms with Gasteiger partial charge in [0.2, 0.25) is 0 Å².